The van der Waals surface area contributed by atoms with Gasteiger partial charge in [-0.1, -0.05) is 103 Å². The normalized spacial score (nSPS) is 12.1. The first-order chi connectivity index (χ1) is 26.7. The molecule has 0 saturated carbocycles. The van der Waals surface area contributed by atoms with E-state index in [2.05, 4.69) is 143 Å². The van der Waals surface area contributed by atoms with Gasteiger partial charge in [0, 0.05) is 48.8 Å². The molecule has 0 radical (unpaired) electrons. The van der Waals surface area contributed by atoms with Crippen molar-refractivity contribution in [3.8, 4) is 28.6 Å². The van der Waals surface area contributed by atoms with Crippen molar-refractivity contribution < 1.29 is 8.83 Å². The molecule has 8 aromatic carbocycles. The number of nitrogens with zero attached hydrogens (tertiary/aromatic N) is 3. The lowest BCUT2D eigenvalue weighted by molar-refractivity contribution is 0.670. The van der Waals surface area contributed by atoms with Gasteiger partial charge in [-0.15, -0.1) is 0 Å². The number of para-hydroxylation sites is 4. The van der Waals surface area contributed by atoms with Gasteiger partial charge in [0.1, 0.15) is 17.2 Å². The molecule has 0 aliphatic rings. The molecule has 5 heteroatoms. The molecular formula is C49H27N3O2. The summed E-state index contributed by atoms with van der Waals surface area (Å²) in [5.74, 6) is 0. The smallest absolute Gasteiger partial charge is 0.160 e. The van der Waals surface area contributed by atoms with Gasteiger partial charge in [-0.2, -0.15) is 5.26 Å². The minimum atomic E-state index is 0.584. The fourth-order valence-corrected chi connectivity index (χ4v) is 8.80. The Morgan fingerprint density at radius 1 is 0.407 bits per heavy atom. The molecule has 12 rings (SSSR count). The highest BCUT2D eigenvalue weighted by molar-refractivity contribution is 6.23. The molecule has 5 nitrogen and oxygen atoms in total. The number of aromatic nitrogens is 2. The number of furan rings is 2. The van der Waals surface area contributed by atoms with E-state index in [4.69, 9.17) is 8.83 Å². The minimum absolute atomic E-state index is 0.584. The van der Waals surface area contributed by atoms with E-state index < -0.39 is 0 Å². The molecule has 0 aliphatic heterocycles. The van der Waals surface area contributed by atoms with E-state index in [-0.39, 0.29) is 0 Å². The Kier molecular flexibility index (Phi) is 5.78. The second kappa shape index (κ2) is 10.7. The van der Waals surface area contributed by atoms with Crippen LogP contribution < -0.4 is 0 Å². The second-order valence-electron chi connectivity index (χ2n) is 14.0. The largest absolute Gasteiger partial charge is 0.454 e. The number of hydrogen-bond donors (Lipinski definition) is 0. The standard InChI is InChI=1S/C49H27N3O2/c50-28-31-21-20-30(27-43(31)52-42-17-6-2-13-34(42)38-23-25-40-36-15-4-8-19-45(36)54-49(40)47(38)52)29-10-9-11-32(26-29)51-41-16-5-1-12-33(41)37-22-24-39-35-14-3-7-18-44(35)53-48(39)46(37)51/h1-27H. The van der Waals surface area contributed by atoms with Crippen LogP contribution in [0.1, 0.15) is 5.56 Å². The Morgan fingerprint density at radius 2 is 0.926 bits per heavy atom. The van der Waals surface area contributed by atoms with E-state index in [0.717, 1.165) is 105 Å². The molecule has 0 saturated heterocycles. The van der Waals surface area contributed by atoms with Crippen molar-refractivity contribution >= 4 is 87.5 Å². The van der Waals surface area contributed by atoms with Crippen LogP contribution in [0.25, 0.3) is 110 Å². The molecule has 0 amide bonds. The Bertz CT molecular complexity index is 3590. The zero-order valence-corrected chi connectivity index (χ0v) is 28.7. The van der Waals surface area contributed by atoms with E-state index in [0.29, 0.717) is 5.56 Å². The van der Waals surface area contributed by atoms with Gasteiger partial charge in [0.05, 0.1) is 33.3 Å². The van der Waals surface area contributed by atoms with Crippen LogP contribution in [0.4, 0.5) is 0 Å². The summed E-state index contributed by atoms with van der Waals surface area (Å²) in [5.41, 5.74) is 12.0. The second-order valence-corrected chi connectivity index (χ2v) is 14.0. The number of hydrogen-bond acceptors (Lipinski definition) is 3. The van der Waals surface area contributed by atoms with Crippen molar-refractivity contribution in [3.05, 3.63) is 169 Å². The first kappa shape index (κ1) is 29.1. The topological polar surface area (TPSA) is 59.9 Å². The molecule has 4 aromatic heterocycles. The monoisotopic (exact) mass is 689 g/mol. The SMILES string of the molecule is N#Cc1ccc(-c2cccc(-n3c4ccccc4c4ccc5c6ccccc6oc5c43)c2)cc1-n1c2ccccc2c2ccc3c4ccccc4oc3c21. The van der Waals surface area contributed by atoms with Crippen LogP contribution in [0.5, 0.6) is 0 Å². The molecule has 0 atom stereocenters. The first-order valence-electron chi connectivity index (χ1n) is 18.1. The van der Waals surface area contributed by atoms with Crippen LogP contribution in [0.3, 0.4) is 0 Å². The third-order valence-electron chi connectivity index (χ3n) is 11.2. The zero-order chi connectivity index (χ0) is 35.5. The van der Waals surface area contributed by atoms with E-state index in [9.17, 15) is 5.26 Å². The molecule has 0 spiro atoms. The van der Waals surface area contributed by atoms with Crippen LogP contribution in [0.15, 0.2) is 173 Å². The van der Waals surface area contributed by atoms with Gasteiger partial charge in [-0.3, -0.25) is 0 Å². The number of fused-ring (bicyclic) bond motifs is 14. The summed E-state index contributed by atoms with van der Waals surface area (Å²) < 4.78 is 17.8. The maximum Gasteiger partial charge on any atom is 0.160 e. The summed E-state index contributed by atoms with van der Waals surface area (Å²) in [4.78, 5) is 0. The Morgan fingerprint density at radius 3 is 1.56 bits per heavy atom. The average Bonchev–Trinajstić information content (AvgIpc) is 3.98. The Hall–Kier alpha value is -7.55. The van der Waals surface area contributed by atoms with E-state index in [1.165, 1.54) is 5.39 Å². The fourth-order valence-electron chi connectivity index (χ4n) is 8.80. The average molecular weight is 690 g/mol. The van der Waals surface area contributed by atoms with Crippen LogP contribution in [-0.2, 0) is 0 Å². The van der Waals surface area contributed by atoms with Crippen molar-refractivity contribution in [1.82, 2.24) is 9.13 Å². The van der Waals surface area contributed by atoms with Crippen LogP contribution in [0, 0.1) is 11.3 Å². The molecule has 0 bridgehead atoms. The van der Waals surface area contributed by atoms with Gasteiger partial charge < -0.3 is 18.0 Å². The molecule has 12 aromatic rings. The van der Waals surface area contributed by atoms with Crippen LogP contribution in [-0.4, -0.2) is 9.13 Å². The van der Waals surface area contributed by atoms with Gasteiger partial charge in [0.15, 0.2) is 11.2 Å². The number of rotatable bonds is 3. The summed E-state index contributed by atoms with van der Waals surface area (Å²) in [6.07, 6.45) is 0. The maximum absolute atomic E-state index is 10.6. The summed E-state index contributed by atoms with van der Waals surface area (Å²) in [6, 6.07) is 59.4. The van der Waals surface area contributed by atoms with Gasteiger partial charge >= 0.3 is 0 Å². The first-order valence-corrected chi connectivity index (χ1v) is 18.1. The third-order valence-corrected chi connectivity index (χ3v) is 11.2. The van der Waals surface area contributed by atoms with Gasteiger partial charge in [0.25, 0.3) is 0 Å². The Labute approximate surface area is 307 Å². The van der Waals surface area contributed by atoms with Crippen LogP contribution >= 0.6 is 0 Å². The summed E-state index contributed by atoms with van der Waals surface area (Å²) in [6.45, 7) is 0. The number of benzene rings is 8. The van der Waals surface area contributed by atoms with Crippen molar-refractivity contribution in [2.75, 3.05) is 0 Å². The molecule has 0 unspecified atom stereocenters. The Balaban J connectivity index is 1.11. The van der Waals surface area contributed by atoms with Gasteiger partial charge in [0.2, 0.25) is 0 Å². The van der Waals surface area contributed by atoms with Crippen molar-refractivity contribution in [3.63, 3.8) is 0 Å². The third kappa shape index (κ3) is 3.86. The van der Waals surface area contributed by atoms with Gasteiger partial charge in [-0.05, 0) is 71.8 Å². The zero-order valence-electron chi connectivity index (χ0n) is 28.7. The minimum Gasteiger partial charge on any atom is -0.454 e. The molecule has 250 valence electrons. The molecule has 54 heavy (non-hydrogen) atoms. The van der Waals surface area contributed by atoms with E-state index in [1.807, 2.05) is 36.4 Å². The van der Waals surface area contributed by atoms with E-state index in [1.54, 1.807) is 0 Å². The van der Waals surface area contributed by atoms with Gasteiger partial charge in [-0.25, -0.2) is 0 Å². The molecule has 0 fully saturated rings. The fraction of sp³-hybridized carbons (Fsp3) is 0. The van der Waals surface area contributed by atoms with Crippen molar-refractivity contribution in [2.45, 2.75) is 0 Å². The highest BCUT2D eigenvalue weighted by atomic mass is 16.3. The molecule has 4 heterocycles. The summed E-state index contributed by atoms with van der Waals surface area (Å²) in [5, 5.41) is 19.4. The maximum atomic E-state index is 10.6. The lowest BCUT2D eigenvalue weighted by Gasteiger charge is -2.14. The predicted molar refractivity (Wildman–Crippen MR) is 220 cm³/mol. The predicted octanol–water partition coefficient (Wildman–Crippen LogP) is 13.2. The molecular weight excluding hydrogens is 663 g/mol. The van der Waals surface area contributed by atoms with E-state index >= 15 is 0 Å². The summed E-state index contributed by atoms with van der Waals surface area (Å²) in [7, 11) is 0. The highest BCUT2D eigenvalue weighted by Gasteiger charge is 2.22. The quantitative estimate of drug-likeness (QED) is 0.185. The van der Waals surface area contributed by atoms with Crippen LogP contribution in [0.2, 0.25) is 0 Å². The molecule has 0 aliphatic carbocycles. The molecule has 0 N–H and O–H groups in total. The highest BCUT2D eigenvalue weighted by Crippen LogP contribution is 2.43. The lowest BCUT2D eigenvalue weighted by Crippen LogP contribution is -1.99. The van der Waals surface area contributed by atoms with Crippen molar-refractivity contribution in [1.29, 1.82) is 5.26 Å². The van der Waals surface area contributed by atoms with Crippen molar-refractivity contribution in [2.24, 2.45) is 0 Å². The lowest BCUT2D eigenvalue weighted by atomic mass is 10.0. The summed E-state index contributed by atoms with van der Waals surface area (Å²) >= 11 is 0. The number of nitriles is 1.